The molecule has 6 aromatic rings. The van der Waals surface area contributed by atoms with Gasteiger partial charge in [0.2, 0.25) is 0 Å². The maximum Gasteiger partial charge on any atom is 0.254 e. The molecule has 332 valence electrons. The first kappa shape index (κ1) is 44.7. The first-order chi connectivity index (χ1) is 31.4. The summed E-state index contributed by atoms with van der Waals surface area (Å²) in [7, 11) is 1.66. The van der Waals surface area contributed by atoms with Gasteiger partial charge < -0.3 is 19.9 Å². The lowest BCUT2D eigenvalue weighted by Crippen LogP contribution is -2.48. The summed E-state index contributed by atoms with van der Waals surface area (Å²) in [5.41, 5.74) is 13.2. The lowest BCUT2D eigenvalue weighted by Gasteiger charge is -2.40. The zero-order chi connectivity index (χ0) is 45.8. The fraction of sp³-hybridized carbons (Fsp3) is 0.377. The number of carbonyl (C=O) groups is 2. The predicted molar refractivity (Wildman–Crippen MR) is 250 cm³/mol. The third kappa shape index (κ3) is 9.79. The van der Waals surface area contributed by atoms with Gasteiger partial charge in [0.05, 0.1) is 41.3 Å². The third-order valence-electron chi connectivity index (χ3n) is 13.5. The highest BCUT2D eigenvalue weighted by atomic mass is 16.5. The summed E-state index contributed by atoms with van der Waals surface area (Å²) in [6, 6.07) is 28.3. The number of carbonyl (C=O) groups excluding carboxylic acids is 2. The smallest absolute Gasteiger partial charge is 0.254 e. The molecule has 12 nitrogen and oxygen atoms in total. The van der Waals surface area contributed by atoms with E-state index < -0.39 is 0 Å². The number of rotatable bonds is 10. The van der Waals surface area contributed by atoms with Crippen LogP contribution in [0.15, 0.2) is 72.8 Å². The van der Waals surface area contributed by atoms with Crippen LogP contribution in [0.4, 0.5) is 0 Å². The molecule has 2 amide bonds. The minimum Gasteiger partial charge on any atom is -0.378 e. The number of likely N-dealkylation sites (tertiary alicyclic amines) is 1. The van der Waals surface area contributed by atoms with Gasteiger partial charge in [-0.1, -0.05) is 42.8 Å². The molecule has 3 N–H and O–H groups in total. The molecule has 0 spiro atoms. The van der Waals surface area contributed by atoms with Gasteiger partial charge in [0.15, 0.2) is 5.82 Å². The standard InChI is InChI=1S/C28H31N5O.C25H26N4O2/c1-17-14-25(22-4-3-5-22)26(27-30-18(2)32-33-27)15-24(17)28(34)31-23-12-10-21(11-13-23)20-8-6-19(16-29)7-9-20;1-15-9-16(2)22(10-21(15)24-23(14-31-4)27-17(3)28-24)25(30)29-12-20(13-29)19-7-5-18(11-26)6-8-19/h6-9,14-15,21-23H,3-5,10-13H2,1-2H3,(H,31,34)(H,30,32,33);5-10,20H,12-14H2,1-4H3,(H,27,28). The highest BCUT2D eigenvalue weighted by Crippen LogP contribution is 2.42. The quantitative estimate of drug-likeness (QED) is 0.122. The van der Waals surface area contributed by atoms with E-state index >= 15 is 0 Å². The Morgan fingerprint density at radius 2 is 1.34 bits per heavy atom. The van der Waals surface area contributed by atoms with Crippen LogP contribution >= 0.6 is 0 Å². The lowest BCUT2D eigenvalue weighted by molar-refractivity contribution is 0.0601. The van der Waals surface area contributed by atoms with Crippen LogP contribution in [0.3, 0.4) is 0 Å². The average Bonchev–Trinajstić information content (AvgIpc) is 3.87. The molecule has 0 atom stereocenters. The molecule has 3 fully saturated rings. The van der Waals surface area contributed by atoms with Crippen LogP contribution < -0.4 is 5.32 Å². The Labute approximate surface area is 381 Å². The zero-order valence-corrected chi connectivity index (χ0v) is 38.2. The van der Waals surface area contributed by atoms with Gasteiger partial charge in [-0.05, 0) is 155 Å². The Morgan fingerprint density at radius 3 is 1.91 bits per heavy atom. The molecule has 3 heterocycles. The van der Waals surface area contributed by atoms with Crippen molar-refractivity contribution in [1.29, 1.82) is 10.5 Å². The second kappa shape index (κ2) is 19.5. The SMILES string of the molecule is COCc1[nH]c(C)nc1-c1cc(C(=O)N2CC(c3ccc(C#N)cc3)C2)c(C)cc1C.Cc1nc(-c2cc(C(=O)NC3CCC(c4ccc(C#N)cc4)CC3)c(C)cc2C2CCC2)n[nH]1. The van der Waals surface area contributed by atoms with Gasteiger partial charge in [0.1, 0.15) is 11.6 Å². The lowest BCUT2D eigenvalue weighted by atomic mass is 9.77. The molecular weight excluding hydrogens is 811 g/mol. The molecular formula is C53H57N9O3. The second-order valence-electron chi connectivity index (χ2n) is 18.1. The van der Waals surface area contributed by atoms with E-state index in [1.807, 2.05) is 88.0 Å². The largest absolute Gasteiger partial charge is 0.378 e. The molecule has 2 aliphatic carbocycles. The molecule has 3 aliphatic rings. The summed E-state index contributed by atoms with van der Waals surface area (Å²) in [6.07, 6.45) is 7.62. The Kier molecular flexibility index (Phi) is 13.4. The summed E-state index contributed by atoms with van der Waals surface area (Å²) in [5.74, 6) is 3.65. The van der Waals surface area contributed by atoms with E-state index in [0.29, 0.717) is 60.0 Å². The van der Waals surface area contributed by atoms with Gasteiger partial charge in [0, 0.05) is 54.4 Å². The van der Waals surface area contributed by atoms with Crippen LogP contribution in [0.1, 0.15) is 145 Å². The minimum atomic E-state index is -0.00649. The Bertz CT molecular complexity index is 2770. The van der Waals surface area contributed by atoms with E-state index in [1.165, 1.54) is 36.0 Å². The fourth-order valence-corrected chi connectivity index (χ4v) is 9.56. The minimum absolute atomic E-state index is 0.00649. The number of aromatic amines is 2. The predicted octanol–water partition coefficient (Wildman–Crippen LogP) is 9.94. The number of hydrogen-bond donors (Lipinski definition) is 3. The number of benzene rings is 4. The van der Waals surface area contributed by atoms with Crippen molar-refractivity contribution in [1.82, 2.24) is 35.4 Å². The van der Waals surface area contributed by atoms with Crippen molar-refractivity contribution in [2.24, 2.45) is 0 Å². The number of hydrogen-bond acceptors (Lipinski definition) is 8. The number of H-pyrrole nitrogens is 2. The van der Waals surface area contributed by atoms with Gasteiger partial charge in [-0.15, -0.1) is 0 Å². The Morgan fingerprint density at radius 1 is 0.723 bits per heavy atom. The van der Waals surface area contributed by atoms with Crippen LogP contribution in [0, 0.1) is 57.3 Å². The van der Waals surface area contributed by atoms with Crippen LogP contribution in [0.2, 0.25) is 0 Å². The number of ether oxygens (including phenoxy) is 1. The molecule has 65 heavy (non-hydrogen) atoms. The highest BCUT2D eigenvalue weighted by molar-refractivity contribution is 5.98. The van der Waals surface area contributed by atoms with Crippen LogP contribution in [-0.2, 0) is 11.3 Å². The summed E-state index contributed by atoms with van der Waals surface area (Å²) in [5, 5.41) is 28.6. The van der Waals surface area contributed by atoms with Gasteiger partial charge in [-0.2, -0.15) is 15.6 Å². The van der Waals surface area contributed by atoms with Crippen molar-refractivity contribution < 1.29 is 14.3 Å². The van der Waals surface area contributed by atoms with Crippen molar-refractivity contribution in [3.63, 3.8) is 0 Å². The first-order valence-corrected chi connectivity index (χ1v) is 22.7. The zero-order valence-electron chi connectivity index (χ0n) is 38.2. The van der Waals surface area contributed by atoms with Crippen molar-refractivity contribution in [3.05, 3.63) is 146 Å². The third-order valence-corrected chi connectivity index (χ3v) is 13.5. The molecule has 12 heteroatoms. The number of nitrogens with zero attached hydrogens (tertiary/aromatic N) is 6. The summed E-state index contributed by atoms with van der Waals surface area (Å²) < 4.78 is 5.31. The Balaban J connectivity index is 0.000000178. The highest BCUT2D eigenvalue weighted by Gasteiger charge is 2.34. The monoisotopic (exact) mass is 867 g/mol. The molecule has 4 aromatic carbocycles. The Hall–Kier alpha value is -6.89. The molecule has 0 radical (unpaired) electrons. The van der Waals surface area contributed by atoms with E-state index in [1.54, 1.807) is 7.11 Å². The van der Waals surface area contributed by atoms with Gasteiger partial charge >= 0.3 is 0 Å². The maximum atomic E-state index is 13.3. The van der Waals surface area contributed by atoms with E-state index in [9.17, 15) is 9.59 Å². The number of amides is 2. The van der Waals surface area contributed by atoms with Crippen LogP contribution in [0.5, 0.6) is 0 Å². The fourth-order valence-electron chi connectivity index (χ4n) is 9.56. The molecule has 0 unspecified atom stereocenters. The van der Waals surface area contributed by atoms with Gasteiger partial charge in [0.25, 0.3) is 11.8 Å². The van der Waals surface area contributed by atoms with Gasteiger partial charge in [-0.3, -0.25) is 14.7 Å². The van der Waals surface area contributed by atoms with Crippen molar-refractivity contribution in [2.75, 3.05) is 20.2 Å². The van der Waals surface area contributed by atoms with E-state index in [4.69, 9.17) is 15.3 Å². The number of imidazole rings is 1. The average molecular weight is 868 g/mol. The topological polar surface area (TPSA) is 176 Å². The van der Waals surface area contributed by atoms with Gasteiger partial charge in [-0.25, -0.2) is 9.97 Å². The van der Waals surface area contributed by atoms with Crippen LogP contribution in [0.25, 0.3) is 22.6 Å². The molecule has 1 saturated heterocycles. The second-order valence-corrected chi connectivity index (χ2v) is 18.1. The van der Waals surface area contributed by atoms with E-state index in [-0.39, 0.29) is 17.9 Å². The van der Waals surface area contributed by atoms with Crippen molar-refractivity contribution in [2.45, 2.75) is 110 Å². The summed E-state index contributed by atoms with van der Waals surface area (Å²) >= 11 is 0. The van der Waals surface area contributed by atoms with Crippen molar-refractivity contribution >= 4 is 11.8 Å². The normalized spacial score (nSPS) is 17.2. The van der Waals surface area contributed by atoms with Crippen LogP contribution in [-0.4, -0.2) is 68.1 Å². The number of aryl methyl sites for hydroxylation is 5. The molecule has 2 saturated carbocycles. The molecule has 2 aromatic heterocycles. The first-order valence-electron chi connectivity index (χ1n) is 22.7. The van der Waals surface area contributed by atoms with E-state index in [2.05, 4.69) is 66.9 Å². The molecule has 1 aliphatic heterocycles. The molecule has 0 bridgehead atoms. The van der Waals surface area contributed by atoms with E-state index in [0.717, 1.165) is 82.1 Å². The maximum absolute atomic E-state index is 13.3. The van der Waals surface area contributed by atoms with Crippen molar-refractivity contribution in [3.8, 4) is 34.8 Å². The number of nitriles is 2. The summed E-state index contributed by atoms with van der Waals surface area (Å²) in [4.78, 5) is 40.9. The molecule has 9 rings (SSSR count). The summed E-state index contributed by atoms with van der Waals surface area (Å²) in [6.45, 7) is 11.7. The number of aromatic nitrogens is 5. The number of nitrogens with one attached hydrogen (secondary N) is 3. The number of methoxy groups -OCH3 is 1.